The summed E-state index contributed by atoms with van der Waals surface area (Å²) >= 11 is 5.62. The van der Waals surface area contributed by atoms with Crippen LogP contribution in [0.4, 0.5) is 4.39 Å². The van der Waals surface area contributed by atoms with Crippen LogP contribution in [0.3, 0.4) is 0 Å². The van der Waals surface area contributed by atoms with Gasteiger partial charge in [0.15, 0.2) is 0 Å². The van der Waals surface area contributed by atoms with Gasteiger partial charge in [0.1, 0.15) is 6.67 Å². The lowest BCUT2D eigenvalue weighted by Gasteiger charge is -2.05. The molecule has 1 aromatic rings. The Bertz CT molecular complexity index is 225. The number of benzene rings is 1. The number of hydrogen-bond donors (Lipinski definition) is 1. The molecule has 2 N–H and O–H groups in total. The fraction of sp³-hybridized carbons (Fsp3) is 0.250. The van der Waals surface area contributed by atoms with Crippen molar-refractivity contribution in [1.29, 1.82) is 0 Å². The van der Waals surface area contributed by atoms with Crippen LogP contribution >= 0.6 is 24.0 Å². The molecule has 1 rings (SSSR count). The fourth-order valence-corrected chi connectivity index (χ4v) is 0.925. The van der Waals surface area contributed by atoms with Gasteiger partial charge in [-0.05, 0) is 17.7 Å². The molecule has 0 aromatic heterocycles. The predicted octanol–water partition coefficient (Wildman–Crippen LogP) is 2.73. The van der Waals surface area contributed by atoms with Crippen molar-refractivity contribution >= 4 is 24.0 Å². The van der Waals surface area contributed by atoms with E-state index in [4.69, 9.17) is 17.3 Å². The van der Waals surface area contributed by atoms with E-state index < -0.39 is 12.7 Å². The molecule has 0 saturated heterocycles. The molecule has 0 spiro atoms. The third-order valence-corrected chi connectivity index (χ3v) is 1.72. The molecular formula is C8H10Cl2FN. The van der Waals surface area contributed by atoms with Crippen LogP contribution in [-0.2, 0) is 0 Å². The first-order valence-corrected chi connectivity index (χ1v) is 3.69. The second-order valence-corrected chi connectivity index (χ2v) is 2.75. The lowest BCUT2D eigenvalue weighted by atomic mass is 10.1. The largest absolute Gasteiger partial charge is 0.322 e. The zero-order chi connectivity index (χ0) is 8.27. The van der Waals surface area contributed by atoms with Gasteiger partial charge in [-0.1, -0.05) is 23.7 Å². The molecule has 1 aromatic carbocycles. The van der Waals surface area contributed by atoms with E-state index in [2.05, 4.69) is 0 Å². The normalized spacial score (nSPS) is 11.9. The van der Waals surface area contributed by atoms with Crippen molar-refractivity contribution in [1.82, 2.24) is 0 Å². The summed E-state index contributed by atoms with van der Waals surface area (Å²) < 4.78 is 12.0. The van der Waals surface area contributed by atoms with Gasteiger partial charge in [0.25, 0.3) is 0 Å². The number of alkyl halides is 1. The van der Waals surface area contributed by atoms with Gasteiger partial charge in [0.05, 0.1) is 6.04 Å². The standard InChI is InChI=1S/C8H9ClFN.ClH/c9-7-3-1-6(2-4-7)8(11)5-10;/h1-4,8H,5,11H2;1H. The highest BCUT2D eigenvalue weighted by Gasteiger charge is 2.03. The van der Waals surface area contributed by atoms with Crippen LogP contribution in [0.25, 0.3) is 0 Å². The molecule has 0 aliphatic rings. The molecule has 4 heteroatoms. The third-order valence-electron chi connectivity index (χ3n) is 1.46. The Morgan fingerprint density at radius 1 is 1.33 bits per heavy atom. The third kappa shape index (κ3) is 2.97. The molecular weight excluding hydrogens is 200 g/mol. The minimum absolute atomic E-state index is 0. The summed E-state index contributed by atoms with van der Waals surface area (Å²) in [6.45, 7) is -0.540. The van der Waals surface area contributed by atoms with E-state index in [1.165, 1.54) is 0 Å². The Kier molecular flexibility index (Phi) is 5.22. The van der Waals surface area contributed by atoms with E-state index in [1.54, 1.807) is 24.3 Å². The van der Waals surface area contributed by atoms with Crippen LogP contribution < -0.4 is 5.73 Å². The maximum atomic E-state index is 12.0. The van der Waals surface area contributed by atoms with Gasteiger partial charge in [-0.25, -0.2) is 4.39 Å². The molecule has 1 unspecified atom stereocenters. The first-order chi connectivity index (χ1) is 5.24. The second kappa shape index (κ2) is 5.36. The summed E-state index contributed by atoms with van der Waals surface area (Å²) in [5.74, 6) is 0. The maximum Gasteiger partial charge on any atom is 0.109 e. The molecule has 0 aliphatic heterocycles. The quantitative estimate of drug-likeness (QED) is 0.797. The smallest absolute Gasteiger partial charge is 0.109 e. The van der Waals surface area contributed by atoms with Gasteiger partial charge < -0.3 is 5.73 Å². The number of hydrogen-bond acceptors (Lipinski definition) is 1. The number of rotatable bonds is 2. The maximum absolute atomic E-state index is 12.0. The Morgan fingerprint density at radius 2 is 1.83 bits per heavy atom. The molecule has 1 nitrogen and oxygen atoms in total. The van der Waals surface area contributed by atoms with E-state index in [0.29, 0.717) is 5.02 Å². The van der Waals surface area contributed by atoms with E-state index in [0.717, 1.165) is 5.56 Å². The van der Waals surface area contributed by atoms with Gasteiger partial charge in [-0.15, -0.1) is 12.4 Å². The van der Waals surface area contributed by atoms with Crippen LogP contribution in [0.2, 0.25) is 5.02 Å². The Hall–Kier alpha value is -0.310. The van der Waals surface area contributed by atoms with Crippen molar-refractivity contribution in [3.05, 3.63) is 34.9 Å². The van der Waals surface area contributed by atoms with Crippen molar-refractivity contribution in [2.24, 2.45) is 5.73 Å². The molecule has 1 atom stereocenters. The highest BCUT2D eigenvalue weighted by atomic mass is 35.5. The van der Waals surface area contributed by atoms with Crippen LogP contribution in [0, 0.1) is 0 Å². The van der Waals surface area contributed by atoms with Crippen molar-refractivity contribution in [3.8, 4) is 0 Å². The molecule has 0 fully saturated rings. The van der Waals surface area contributed by atoms with Crippen LogP contribution in [0.15, 0.2) is 24.3 Å². The monoisotopic (exact) mass is 209 g/mol. The van der Waals surface area contributed by atoms with Gasteiger partial charge in [0, 0.05) is 5.02 Å². The summed E-state index contributed by atoms with van der Waals surface area (Å²) in [5.41, 5.74) is 6.20. The van der Waals surface area contributed by atoms with E-state index >= 15 is 0 Å². The van der Waals surface area contributed by atoms with E-state index in [-0.39, 0.29) is 12.4 Å². The summed E-state index contributed by atoms with van der Waals surface area (Å²) in [4.78, 5) is 0. The zero-order valence-corrected chi connectivity index (χ0v) is 7.91. The summed E-state index contributed by atoms with van der Waals surface area (Å²) in [7, 11) is 0. The Morgan fingerprint density at radius 3 is 2.25 bits per heavy atom. The minimum Gasteiger partial charge on any atom is -0.322 e. The lowest BCUT2D eigenvalue weighted by Crippen LogP contribution is -2.11. The highest BCUT2D eigenvalue weighted by molar-refractivity contribution is 6.30. The molecule has 0 aliphatic carbocycles. The predicted molar refractivity (Wildman–Crippen MR) is 51.6 cm³/mol. The van der Waals surface area contributed by atoms with Gasteiger partial charge in [-0.3, -0.25) is 0 Å². The topological polar surface area (TPSA) is 26.0 Å². The second-order valence-electron chi connectivity index (χ2n) is 2.31. The Balaban J connectivity index is 0.00000121. The highest BCUT2D eigenvalue weighted by Crippen LogP contribution is 2.14. The minimum atomic E-state index is -0.540. The molecule has 0 bridgehead atoms. The molecule has 12 heavy (non-hydrogen) atoms. The molecule has 0 saturated carbocycles. The summed E-state index contributed by atoms with van der Waals surface area (Å²) in [6.07, 6.45) is 0. The molecule has 68 valence electrons. The summed E-state index contributed by atoms with van der Waals surface area (Å²) in [6, 6.07) is 6.34. The fourth-order valence-electron chi connectivity index (χ4n) is 0.799. The lowest BCUT2D eigenvalue weighted by molar-refractivity contribution is 0.437. The summed E-state index contributed by atoms with van der Waals surface area (Å²) in [5, 5.41) is 0.639. The van der Waals surface area contributed by atoms with Crippen molar-refractivity contribution in [2.45, 2.75) is 6.04 Å². The van der Waals surface area contributed by atoms with E-state index in [1.807, 2.05) is 0 Å². The van der Waals surface area contributed by atoms with Crippen molar-refractivity contribution in [2.75, 3.05) is 6.67 Å². The van der Waals surface area contributed by atoms with Crippen molar-refractivity contribution in [3.63, 3.8) is 0 Å². The SMILES string of the molecule is Cl.NC(CF)c1ccc(Cl)cc1. The van der Waals surface area contributed by atoms with Gasteiger partial charge in [0.2, 0.25) is 0 Å². The average molecular weight is 210 g/mol. The van der Waals surface area contributed by atoms with Crippen LogP contribution in [0.1, 0.15) is 11.6 Å². The number of nitrogens with two attached hydrogens (primary N) is 1. The van der Waals surface area contributed by atoms with E-state index in [9.17, 15) is 4.39 Å². The molecule has 0 amide bonds. The zero-order valence-electron chi connectivity index (χ0n) is 6.34. The first kappa shape index (κ1) is 11.7. The average Bonchev–Trinajstić information content (AvgIpc) is 2.05. The first-order valence-electron chi connectivity index (χ1n) is 3.31. The van der Waals surface area contributed by atoms with Crippen LogP contribution in [0.5, 0.6) is 0 Å². The molecule has 0 heterocycles. The Labute approximate surface area is 82.1 Å². The van der Waals surface area contributed by atoms with Gasteiger partial charge >= 0.3 is 0 Å². The van der Waals surface area contributed by atoms with Crippen LogP contribution in [-0.4, -0.2) is 6.67 Å². The van der Waals surface area contributed by atoms with Crippen molar-refractivity contribution < 1.29 is 4.39 Å². The van der Waals surface area contributed by atoms with Gasteiger partial charge in [-0.2, -0.15) is 0 Å². The molecule has 0 radical (unpaired) electrons. The number of halogens is 3.